The second-order valence-electron chi connectivity index (χ2n) is 7.59. The van der Waals surface area contributed by atoms with Crippen molar-refractivity contribution in [1.29, 1.82) is 0 Å². The van der Waals surface area contributed by atoms with E-state index < -0.39 is 14.6 Å². The van der Waals surface area contributed by atoms with Gasteiger partial charge in [0.1, 0.15) is 10.6 Å². The van der Waals surface area contributed by atoms with Crippen LogP contribution in [0.25, 0.3) is 11.4 Å². The fourth-order valence-corrected chi connectivity index (χ4v) is 4.45. The lowest BCUT2D eigenvalue weighted by Gasteiger charge is -2.25. The van der Waals surface area contributed by atoms with Crippen molar-refractivity contribution >= 4 is 27.4 Å². The summed E-state index contributed by atoms with van der Waals surface area (Å²) >= 11 is 0. The standard InChI is InChI=1S/C22H26N6O4S/c1-22(2,33(31,32)17-8-10-24-11-9-17)18-14-19(25-12-13-29)28-20(27-18)15-4-6-16(7-5-15)26-21(30)23-3/h4-11,14,29H,12-13H2,1-3H3,(H2,23,26,30)(H,25,27,28). The Kier molecular flexibility index (Phi) is 7.24. The van der Waals surface area contributed by atoms with Crippen LogP contribution >= 0.6 is 0 Å². The normalized spacial score (nSPS) is 11.6. The average molecular weight is 471 g/mol. The molecule has 2 heterocycles. The number of carbonyl (C=O) groups excluding carboxylic acids is 1. The van der Waals surface area contributed by atoms with Crippen LogP contribution in [-0.4, -0.2) is 54.7 Å². The minimum absolute atomic E-state index is 0.118. The van der Waals surface area contributed by atoms with Crippen LogP contribution < -0.4 is 16.0 Å². The average Bonchev–Trinajstić information content (AvgIpc) is 2.83. The van der Waals surface area contributed by atoms with Crippen molar-refractivity contribution in [3.05, 3.63) is 60.6 Å². The number of anilines is 2. The highest BCUT2D eigenvalue weighted by Crippen LogP contribution is 2.35. The summed E-state index contributed by atoms with van der Waals surface area (Å²) in [6.07, 6.45) is 2.86. The molecule has 174 valence electrons. The van der Waals surface area contributed by atoms with Crippen molar-refractivity contribution in [2.75, 3.05) is 30.8 Å². The number of aliphatic hydroxyl groups is 1. The van der Waals surface area contributed by atoms with Crippen molar-refractivity contribution in [1.82, 2.24) is 20.3 Å². The maximum atomic E-state index is 13.4. The molecule has 2 aromatic heterocycles. The predicted octanol–water partition coefficient (Wildman–Crippen LogP) is 2.40. The zero-order valence-corrected chi connectivity index (χ0v) is 19.3. The molecule has 2 amide bonds. The van der Waals surface area contributed by atoms with E-state index in [1.807, 2.05) is 0 Å². The Hall–Kier alpha value is -3.57. The van der Waals surface area contributed by atoms with Gasteiger partial charge in [0.25, 0.3) is 0 Å². The third-order valence-corrected chi connectivity index (χ3v) is 7.47. The number of aromatic nitrogens is 3. The van der Waals surface area contributed by atoms with Gasteiger partial charge in [-0.1, -0.05) is 0 Å². The molecule has 0 saturated heterocycles. The van der Waals surface area contributed by atoms with E-state index in [-0.39, 0.29) is 29.8 Å². The largest absolute Gasteiger partial charge is 0.395 e. The number of nitrogens with one attached hydrogen (secondary N) is 3. The molecule has 0 unspecified atom stereocenters. The molecule has 0 aliphatic rings. The van der Waals surface area contributed by atoms with E-state index in [1.54, 1.807) is 44.2 Å². The molecule has 3 aromatic rings. The van der Waals surface area contributed by atoms with Gasteiger partial charge in [-0.05, 0) is 50.2 Å². The third-order valence-electron chi connectivity index (χ3n) is 5.02. The lowest BCUT2D eigenvalue weighted by atomic mass is 10.1. The number of urea groups is 1. The van der Waals surface area contributed by atoms with Crippen molar-refractivity contribution in [3.8, 4) is 11.4 Å². The van der Waals surface area contributed by atoms with Crippen molar-refractivity contribution in [2.24, 2.45) is 0 Å². The minimum atomic E-state index is -3.81. The molecular weight excluding hydrogens is 444 g/mol. The van der Waals surface area contributed by atoms with Gasteiger partial charge in [-0.15, -0.1) is 0 Å². The fourth-order valence-electron chi connectivity index (χ4n) is 3.01. The molecule has 0 radical (unpaired) electrons. The van der Waals surface area contributed by atoms with Gasteiger partial charge in [0.2, 0.25) is 0 Å². The molecule has 0 saturated carbocycles. The molecule has 0 atom stereocenters. The number of pyridine rings is 1. The summed E-state index contributed by atoms with van der Waals surface area (Å²) in [6, 6.07) is 11.0. The summed E-state index contributed by atoms with van der Waals surface area (Å²) in [7, 11) is -2.29. The first-order chi connectivity index (χ1) is 15.7. The Labute approximate surface area is 192 Å². The first-order valence-electron chi connectivity index (χ1n) is 10.2. The van der Waals surface area contributed by atoms with Crippen LogP contribution in [0.1, 0.15) is 19.5 Å². The highest BCUT2D eigenvalue weighted by Gasteiger charge is 2.39. The number of hydrogen-bond donors (Lipinski definition) is 4. The molecule has 33 heavy (non-hydrogen) atoms. The van der Waals surface area contributed by atoms with Crippen molar-refractivity contribution < 1.29 is 18.3 Å². The van der Waals surface area contributed by atoms with E-state index in [2.05, 4.69) is 30.9 Å². The van der Waals surface area contributed by atoms with Crippen LogP contribution in [0.15, 0.2) is 59.8 Å². The lowest BCUT2D eigenvalue weighted by molar-refractivity contribution is 0.254. The number of aliphatic hydroxyl groups excluding tert-OH is 1. The van der Waals surface area contributed by atoms with Crippen LogP contribution in [0.3, 0.4) is 0 Å². The van der Waals surface area contributed by atoms with Crippen LogP contribution in [-0.2, 0) is 14.6 Å². The number of carbonyl (C=O) groups is 1. The van der Waals surface area contributed by atoms with Gasteiger partial charge in [-0.3, -0.25) is 4.98 Å². The zero-order valence-electron chi connectivity index (χ0n) is 18.5. The van der Waals surface area contributed by atoms with E-state index in [0.717, 1.165) is 0 Å². The Morgan fingerprint density at radius 2 is 1.73 bits per heavy atom. The van der Waals surface area contributed by atoms with E-state index in [0.29, 0.717) is 22.9 Å². The van der Waals surface area contributed by atoms with Crippen LogP contribution in [0.5, 0.6) is 0 Å². The molecule has 0 spiro atoms. The third kappa shape index (κ3) is 5.26. The Balaban J connectivity index is 2.06. The monoisotopic (exact) mass is 470 g/mol. The van der Waals surface area contributed by atoms with Gasteiger partial charge in [0.15, 0.2) is 15.7 Å². The molecule has 1 aromatic carbocycles. The van der Waals surface area contributed by atoms with E-state index in [1.165, 1.54) is 31.6 Å². The maximum absolute atomic E-state index is 13.4. The first kappa shape index (κ1) is 24.1. The number of sulfone groups is 1. The molecule has 0 fully saturated rings. The molecule has 0 aliphatic heterocycles. The van der Waals surface area contributed by atoms with E-state index in [9.17, 15) is 18.3 Å². The molecule has 10 nitrogen and oxygen atoms in total. The number of benzene rings is 1. The Bertz CT molecular complexity index is 1220. The van der Waals surface area contributed by atoms with Crippen LogP contribution in [0.4, 0.5) is 16.3 Å². The van der Waals surface area contributed by atoms with Crippen molar-refractivity contribution in [3.63, 3.8) is 0 Å². The van der Waals surface area contributed by atoms with Gasteiger partial charge >= 0.3 is 6.03 Å². The number of amides is 2. The molecule has 11 heteroatoms. The number of hydrogen-bond acceptors (Lipinski definition) is 8. The van der Waals surface area contributed by atoms with E-state index in [4.69, 9.17) is 0 Å². The molecule has 3 rings (SSSR count). The second kappa shape index (κ2) is 9.92. The fraction of sp³-hybridized carbons (Fsp3) is 0.273. The van der Waals surface area contributed by atoms with Gasteiger partial charge in [0, 0.05) is 43.3 Å². The topological polar surface area (TPSA) is 146 Å². The Morgan fingerprint density at radius 3 is 2.33 bits per heavy atom. The lowest BCUT2D eigenvalue weighted by Crippen LogP contribution is -2.31. The summed E-state index contributed by atoms with van der Waals surface area (Å²) in [5, 5.41) is 17.3. The number of rotatable bonds is 8. The maximum Gasteiger partial charge on any atom is 0.318 e. The molecule has 0 aliphatic carbocycles. The SMILES string of the molecule is CNC(=O)Nc1ccc(-c2nc(NCCO)cc(C(C)(C)S(=O)(=O)c3ccncc3)n2)cc1. The van der Waals surface area contributed by atoms with E-state index >= 15 is 0 Å². The summed E-state index contributed by atoms with van der Waals surface area (Å²) in [4.78, 5) is 24.6. The zero-order chi connectivity index (χ0) is 24.1. The molecule has 0 bridgehead atoms. The highest BCUT2D eigenvalue weighted by molar-refractivity contribution is 7.92. The second-order valence-corrected chi connectivity index (χ2v) is 10.1. The van der Waals surface area contributed by atoms with Gasteiger partial charge in [0.05, 0.1) is 17.2 Å². The number of nitrogens with zero attached hydrogens (tertiary/aromatic N) is 3. The first-order valence-corrected chi connectivity index (χ1v) is 11.7. The van der Waals surface area contributed by atoms with Crippen LogP contribution in [0.2, 0.25) is 0 Å². The summed E-state index contributed by atoms with van der Waals surface area (Å²) in [5.74, 6) is 0.687. The predicted molar refractivity (Wildman–Crippen MR) is 126 cm³/mol. The van der Waals surface area contributed by atoms with Crippen molar-refractivity contribution in [2.45, 2.75) is 23.5 Å². The molecular formula is C22H26N6O4S. The van der Waals surface area contributed by atoms with Gasteiger partial charge in [-0.2, -0.15) is 0 Å². The highest BCUT2D eigenvalue weighted by atomic mass is 32.2. The van der Waals surface area contributed by atoms with Crippen LogP contribution in [0, 0.1) is 0 Å². The van der Waals surface area contributed by atoms with Gasteiger partial charge < -0.3 is 21.1 Å². The van der Waals surface area contributed by atoms with Gasteiger partial charge in [-0.25, -0.2) is 23.2 Å². The quantitative estimate of drug-likeness (QED) is 0.392. The smallest absolute Gasteiger partial charge is 0.318 e. The minimum Gasteiger partial charge on any atom is -0.395 e. The summed E-state index contributed by atoms with van der Waals surface area (Å²) in [5.41, 5.74) is 1.49. The summed E-state index contributed by atoms with van der Waals surface area (Å²) in [6.45, 7) is 3.29. The molecule has 4 N–H and O–H groups in total. The Morgan fingerprint density at radius 1 is 1.06 bits per heavy atom. The summed E-state index contributed by atoms with van der Waals surface area (Å²) < 4.78 is 25.4.